The molecule has 0 unspecified atom stereocenters. The number of anilines is 1. The molecule has 2 rings (SSSR count). The summed E-state index contributed by atoms with van der Waals surface area (Å²) in [6.45, 7) is 2.18. The summed E-state index contributed by atoms with van der Waals surface area (Å²) in [7, 11) is 1.84. The second-order valence-electron chi connectivity index (χ2n) is 3.76. The van der Waals surface area contributed by atoms with E-state index in [0.717, 1.165) is 23.5 Å². The first-order chi connectivity index (χ1) is 7.81. The van der Waals surface area contributed by atoms with Crippen molar-refractivity contribution in [2.75, 3.05) is 32.1 Å². The largest absolute Gasteiger partial charge is 0.490 e. The van der Waals surface area contributed by atoms with Gasteiger partial charge in [-0.25, -0.2) is 0 Å². The quantitative estimate of drug-likeness (QED) is 0.751. The van der Waals surface area contributed by atoms with Gasteiger partial charge in [-0.2, -0.15) is 0 Å². The van der Waals surface area contributed by atoms with Crippen LogP contribution < -0.4 is 15.4 Å². The number of benzene rings is 1. The predicted octanol–water partition coefficient (Wildman–Crippen LogP) is 1.28. The van der Waals surface area contributed by atoms with Crippen molar-refractivity contribution in [2.24, 2.45) is 0 Å². The van der Waals surface area contributed by atoms with E-state index in [4.69, 9.17) is 4.74 Å². The minimum Gasteiger partial charge on any atom is -0.490 e. The third-order valence-electron chi connectivity index (χ3n) is 2.58. The molecule has 0 atom stereocenters. The highest BCUT2D eigenvalue weighted by Gasteiger charge is 2.12. The zero-order chi connectivity index (χ0) is 11.4. The number of carbonyl (C=O) groups is 1. The van der Waals surface area contributed by atoms with E-state index in [1.807, 2.05) is 25.2 Å². The van der Waals surface area contributed by atoms with E-state index in [1.165, 1.54) is 0 Å². The molecule has 0 saturated heterocycles. The number of ketones is 1. The second kappa shape index (κ2) is 4.99. The van der Waals surface area contributed by atoms with Crippen LogP contribution in [0.4, 0.5) is 5.69 Å². The van der Waals surface area contributed by atoms with Crippen molar-refractivity contribution in [2.45, 2.75) is 6.42 Å². The summed E-state index contributed by atoms with van der Waals surface area (Å²) in [6, 6.07) is 5.55. The first kappa shape index (κ1) is 11.0. The molecule has 1 aromatic rings. The van der Waals surface area contributed by atoms with Crippen LogP contribution in [0.3, 0.4) is 0 Å². The number of hydrogen-bond donors (Lipinski definition) is 2. The Hall–Kier alpha value is -1.55. The summed E-state index contributed by atoms with van der Waals surface area (Å²) in [5.41, 5.74) is 1.66. The van der Waals surface area contributed by atoms with Gasteiger partial charge in [0.2, 0.25) is 0 Å². The Morgan fingerprint density at radius 3 is 3.25 bits per heavy atom. The highest BCUT2D eigenvalue weighted by Crippen LogP contribution is 2.28. The molecule has 0 bridgehead atoms. The van der Waals surface area contributed by atoms with Gasteiger partial charge in [0, 0.05) is 25.1 Å². The monoisotopic (exact) mass is 220 g/mol. The van der Waals surface area contributed by atoms with Crippen molar-refractivity contribution in [3.63, 3.8) is 0 Å². The Labute approximate surface area is 95.0 Å². The molecule has 1 heterocycles. The Balaban J connectivity index is 2.13. The average Bonchev–Trinajstić information content (AvgIpc) is 2.35. The number of fused-ring (bicyclic) bond motifs is 1. The molecule has 0 aliphatic carbocycles. The molecule has 0 fully saturated rings. The van der Waals surface area contributed by atoms with Crippen molar-refractivity contribution >= 4 is 11.5 Å². The molecule has 1 aliphatic heterocycles. The van der Waals surface area contributed by atoms with Gasteiger partial charge in [0.15, 0.2) is 5.78 Å². The van der Waals surface area contributed by atoms with Crippen molar-refractivity contribution in [1.29, 1.82) is 0 Å². The summed E-state index contributed by atoms with van der Waals surface area (Å²) in [4.78, 5) is 11.8. The molecule has 1 aliphatic rings. The van der Waals surface area contributed by atoms with Gasteiger partial charge in [0.05, 0.1) is 5.69 Å². The fourth-order valence-electron chi connectivity index (χ4n) is 1.70. The number of Topliss-reactive ketones (excluding diaryl/α,β-unsaturated/α-hetero) is 1. The topological polar surface area (TPSA) is 50.4 Å². The number of hydrogen-bond acceptors (Lipinski definition) is 4. The van der Waals surface area contributed by atoms with Gasteiger partial charge < -0.3 is 15.4 Å². The smallest absolute Gasteiger partial charge is 0.164 e. The molecule has 0 radical (unpaired) electrons. The van der Waals surface area contributed by atoms with Gasteiger partial charge in [0.25, 0.3) is 0 Å². The lowest BCUT2D eigenvalue weighted by Crippen LogP contribution is -2.19. The van der Waals surface area contributed by atoms with Crippen LogP contribution >= 0.6 is 0 Å². The Kier molecular flexibility index (Phi) is 3.41. The van der Waals surface area contributed by atoms with Crippen molar-refractivity contribution in [3.8, 4) is 5.75 Å². The molecule has 4 nitrogen and oxygen atoms in total. The molecule has 16 heavy (non-hydrogen) atoms. The van der Waals surface area contributed by atoms with Gasteiger partial charge in [-0.3, -0.25) is 4.79 Å². The van der Waals surface area contributed by atoms with Gasteiger partial charge in [-0.05, 0) is 25.2 Å². The minimum atomic E-state index is 0.157. The van der Waals surface area contributed by atoms with Gasteiger partial charge >= 0.3 is 0 Å². The van der Waals surface area contributed by atoms with E-state index in [2.05, 4.69) is 10.6 Å². The van der Waals surface area contributed by atoms with Crippen LogP contribution in [0.15, 0.2) is 18.2 Å². The zero-order valence-corrected chi connectivity index (χ0v) is 9.38. The summed E-state index contributed by atoms with van der Waals surface area (Å²) < 4.78 is 5.45. The SMILES string of the molecule is CNCCC(=O)c1ccc2c(c1)NCCO2. The first-order valence-corrected chi connectivity index (χ1v) is 5.50. The number of ether oxygens (including phenoxy) is 1. The molecule has 0 aromatic heterocycles. The van der Waals surface area contributed by atoms with Gasteiger partial charge in [-0.15, -0.1) is 0 Å². The minimum absolute atomic E-state index is 0.157. The first-order valence-electron chi connectivity index (χ1n) is 5.50. The summed E-state index contributed by atoms with van der Waals surface area (Å²) in [6.07, 6.45) is 0.524. The lowest BCUT2D eigenvalue weighted by molar-refractivity contribution is 0.0983. The third kappa shape index (κ3) is 2.33. The molecule has 2 N–H and O–H groups in total. The highest BCUT2D eigenvalue weighted by atomic mass is 16.5. The maximum absolute atomic E-state index is 11.8. The lowest BCUT2D eigenvalue weighted by atomic mass is 10.1. The van der Waals surface area contributed by atoms with Crippen molar-refractivity contribution in [1.82, 2.24) is 5.32 Å². The molecule has 0 saturated carbocycles. The molecule has 0 spiro atoms. The fourth-order valence-corrected chi connectivity index (χ4v) is 1.70. The van der Waals surface area contributed by atoms with Crippen LogP contribution in [-0.4, -0.2) is 32.5 Å². The van der Waals surface area contributed by atoms with Crippen molar-refractivity contribution in [3.05, 3.63) is 23.8 Å². The zero-order valence-electron chi connectivity index (χ0n) is 9.38. The predicted molar refractivity (Wildman–Crippen MR) is 63.3 cm³/mol. The molecule has 1 aromatic carbocycles. The number of nitrogens with one attached hydrogen (secondary N) is 2. The van der Waals surface area contributed by atoms with Crippen LogP contribution in [0.2, 0.25) is 0 Å². The number of carbonyl (C=O) groups excluding carboxylic acids is 1. The van der Waals surface area contributed by atoms with E-state index in [-0.39, 0.29) is 5.78 Å². The van der Waals surface area contributed by atoms with E-state index in [1.54, 1.807) is 0 Å². The summed E-state index contributed by atoms with van der Waals surface area (Å²) in [5.74, 6) is 0.987. The highest BCUT2D eigenvalue weighted by molar-refractivity contribution is 5.97. The molecule has 0 amide bonds. The maximum Gasteiger partial charge on any atom is 0.164 e. The maximum atomic E-state index is 11.8. The van der Waals surface area contributed by atoms with Gasteiger partial charge in [0.1, 0.15) is 12.4 Å². The van der Waals surface area contributed by atoms with Crippen molar-refractivity contribution < 1.29 is 9.53 Å². The molecule has 4 heteroatoms. The lowest BCUT2D eigenvalue weighted by Gasteiger charge is -2.19. The standard InChI is InChI=1S/C12H16N2O2/c1-13-5-4-11(15)9-2-3-12-10(8-9)14-6-7-16-12/h2-3,8,13-14H,4-7H2,1H3. The molecular weight excluding hydrogens is 204 g/mol. The van der Waals surface area contributed by atoms with Crippen LogP contribution in [0.1, 0.15) is 16.8 Å². The molecule has 86 valence electrons. The van der Waals surface area contributed by atoms with Gasteiger partial charge in [-0.1, -0.05) is 0 Å². The Morgan fingerprint density at radius 1 is 1.56 bits per heavy atom. The number of rotatable bonds is 4. The second-order valence-corrected chi connectivity index (χ2v) is 3.76. The molecular formula is C12H16N2O2. The van der Waals surface area contributed by atoms with E-state index in [9.17, 15) is 4.79 Å². The normalized spacial score (nSPS) is 13.6. The summed E-state index contributed by atoms with van der Waals surface area (Å²) in [5, 5.41) is 6.19. The van der Waals surface area contributed by atoms with Crippen LogP contribution in [0.5, 0.6) is 5.75 Å². The van der Waals surface area contributed by atoms with Crippen LogP contribution in [0, 0.1) is 0 Å². The van der Waals surface area contributed by atoms with E-state index < -0.39 is 0 Å². The Bertz CT molecular complexity index is 391. The van der Waals surface area contributed by atoms with Crippen LogP contribution in [-0.2, 0) is 0 Å². The Morgan fingerprint density at radius 2 is 2.44 bits per heavy atom. The van der Waals surface area contributed by atoms with E-state index >= 15 is 0 Å². The van der Waals surface area contributed by atoms with Crippen LogP contribution in [0.25, 0.3) is 0 Å². The third-order valence-corrected chi connectivity index (χ3v) is 2.58. The summed E-state index contributed by atoms with van der Waals surface area (Å²) >= 11 is 0. The average molecular weight is 220 g/mol. The van der Waals surface area contributed by atoms with E-state index in [0.29, 0.717) is 19.6 Å². The fraction of sp³-hybridized carbons (Fsp3) is 0.417.